The Morgan fingerprint density at radius 2 is 2.12 bits per heavy atom. The molecule has 0 saturated heterocycles. The number of anilines is 1. The van der Waals surface area contributed by atoms with Crippen LogP contribution in [0.2, 0.25) is 0 Å². The lowest BCUT2D eigenvalue weighted by atomic mass is 10.1. The molecule has 0 aliphatic carbocycles. The second-order valence-electron chi connectivity index (χ2n) is 4.84. The summed E-state index contributed by atoms with van der Waals surface area (Å²) in [7, 11) is 0. The monoisotopic (exact) mass is 282 g/mol. The first kappa shape index (κ1) is 13.2. The molecular weight excluding hydrogens is 264 g/mol. The van der Waals surface area contributed by atoms with Crippen LogP contribution in [-0.4, -0.2) is 17.1 Å². The molecule has 88 valence electrons. The SMILES string of the molecule is C=CCN(c1nccc(C)c1Br)C(C)(C)C. The first-order valence-electron chi connectivity index (χ1n) is 5.37. The molecule has 1 aromatic heterocycles. The summed E-state index contributed by atoms with van der Waals surface area (Å²) in [6, 6.07) is 2.00. The van der Waals surface area contributed by atoms with Crippen molar-refractivity contribution in [2.24, 2.45) is 0 Å². The van der Waals surface area contributed by atoms with Gasteiger partial charge >= 0.3 is 0 Å². The first-order valence-corrected chi connectivity index (χ1v) is 6.17. The van der Waals surface area contributed by atoms with Gasteiger partial charge in [-0.25, -0.2) is 4.98 Å². The molecule has 16 heavy (non-hydrogen) atoms. The number of hydrogen-bond acceptors (Lipinski definition) is 2. The average molecular weight is 283 g/mol. The van der Waals surface area contributed by atoms with Gasteiger partial charge in [-0.1, -0.05) is 6.08 Å². The summed E-state index contributed by atoms with van der Waals surface area (Å²) in [4.78, 5) is 6.69. The van der Waals surface area contributed by atoms with E-state index in [1.807, 2.05) is 18.3 Å². The van der Waals surface area contributed by atoms with Crippen LogP contribution in [0, 0.1) is 6.92 Å². The second kappa shape index (κ2) is 5.00. The van der Waals surface area contributed by atoms with Gasteiger partial charge in [0.05, 0.1) is 4.47 Å². The molecular formula is C13H19BrN2. The number of aromatic nitrogens is 1. The maximum absolute atomic E-state index is 4.46. The predicted octanol–water partition coefficient (Wildman–Crippen LogP) is 3.94. The zero-order valence-corrected chi connectivity index (χ0v) is 12.0. The third-order valence-corrected chi connectivity index (χ3v) is 3.42. The van der Waals surface area contributed by atoms with E-state index in [9.17, 15) is 0 Å². The molecule has 0 aliphatic rings. The fraction of sp³-hybridized carbons (Fsp3) is 0.462. The van der Waals surface area contributed by atoms with Gasteiger partial charge in [0.2, 0.25) is 0 Å². The van der Waals surface area contributed by atoms with Crippen LogP contribution in [0.15, 0.2) is 29.4 Å². The molecule has 0 N–H and O–H groups in total. The highest BCUT2D eigenvalue weighted by molar-refractivity contribution is 9.10. The number of nitrogens with zero attached hydrogens (tertiary/aromatic N) is 2. The highest BCUT2D eigenvalue weighted by Gasteiger charge is 2.23. The molecule has 0 atom stereocenters. The number of hydrogen-bond donors (Lipinski definition) is 0. The molecule has 0 spiro atoms. The molecule has 0 unspecified atom stereocenters. The van der Waals surface area contributed by atoms with Crippen molar-refractivity contribution in [2.45, 2.75) is 33.2 Å². The molecule has 0 fully saturated rings. The molecule has 1 rings (SSSR count). The number of aryl methyl sites for hydroxylation is 1. The van der Waals surface area contributed by atoms with Crippen LogP contribution in [0.5, 0.6) is 0 Å². The number of halogens is 1. The molecule has 3 heteroatoms. The van der Waals surface area contributed by atoms with Crippen molar-refractivity contribution in [1.82, 2.24) is 4.98 Å². The van der Waals surface area contributed by atoms with Crippen LogP contribution in [0.25, 0.3) is 0 Å². The molecule has 1 heterocycles. The average Bonchev–Trinajstić information content (AvgIpc) is 2.18. The van der Waals surface area contributed by atoms with Crippen LogP contribution >= 0.6 is 15.9 Å². The van der Waals surface area contributed by atoms with Crippen molar-refractivity contribution in [1.29, 1.82) is 0 Å². The minimum absolute atomic E-state index is 0.0253. The summed E-state index contributed by atoms with van der Waals surface area (Å²) < 4.78 is 1.06. The van der Waals surface area contributed by atoms with Crippen LogP contribution in [0.1, 0.15) is 26.3 Å². The Kier molecular flexibility index (Phi) is 4.14. The van der Waals surface area contributed by atoms with Crippen LogP contribution in [0.4, 0.5) is 5.82 Å². The van der Waals surface area contributed by atoms with Crippen molar-refractivity contribution in [3.05, 3.63) is 35.0 Å². The molecule has 2 nitrogen and oxygen atoms in total. The lowest BCUT2D eigenvalue weighted by molar-refractivity contribution is 0.516. The number of pyridine rings is 1. The van der Waals surface area contributed by atoms with E-state index in [4.69, 9.17) is 0 Å². The van der Waals surface area contributed by atoms with Gasteiger partial charge in [-0.3, -0.25) is 0 Å². The summed E-state index contributed by atoms with van der Waals surface area (Å²) >= 11 is 3.60. The van der Waals surface area contributed by atoms with Gasteiger partial charge in [0, 0.05) is 18.3 Å². The van der Waals surface area contributed by atoms with Gasteiger partial charge < -0.3 is 4.90 Å². The standard InChI is InChI=1S/C13H19BrN2/c1-6-9-16(13(3,4)5)12-11(14)10(2)7-8-15-12/h6-8H,1,9H2,2-5H3. The fourth-order valence-electron chi connectivity index (χ4n) is 1.52. The lowest BCUT2D eigenvalue weighted by Gasteiger charge is -2.36. The van der Waals surface area contributed by atoms with E-state index in [1.165, 1.54) is 5.56 Å². The minimum atomic E-state index is 0.0253. The Labute approximate surface area is 107 Å². The molecule has 1 aromatic rings. The molecule has 0 amide bonds. The highest BCUT2D eigenvalue weighted by atomic mass is 79.9. The van der Waals surface area contributed by atoms with E-state index >= 15 is 0 Å². The maximum atomic E-state index is 4.46. The first-order chi connectivity index (χ1) is 7.38. The zero-order chi connectivity index (χ0) is 12.3. The molecule has 0 bridgehead atoms. The van der Waals surface area contributed by atoms with Gasteiger partial charge in [0.15, 0.2) is 0 Å². The Bertz CT molecular complexity index is 380. The summed E-state index contributed by atoms with van der Waals surface area (Å²) in [5.41, 5.74) is 1.22. The van der Waals surface area contributed by atoms with Crippen molar-refractivity contribution in [2.75, 3.05) is 11.4 Å². The largest absolute Gasteiger partial charge is 0.347 e. The minimum Gasteiger partial charge on any atom is -0.347 e. The normalized spacial score (nSPS) is 11.3. The Morgan fingerprint density at radius 3 is 2.62 bits per heavy atom. The van der Waals surface area contributed by atoms with Crippen LogP contribution < -0.4 is 4.90 Å². The molecule has 0 saturated carbocycles. The van der Waals surface area contributed by atoms with Crippen molar-refractivity contribution < 1.29 is 0 Å². The molecule has 0 aliphatic heterocycles. The molecule has 0 radical (unpaired) electrons. The van der Waals surface area contributed by atoms with Gasteiger partial charge in [-0.15, -0.1) is 6.58 Å². The second-order valence-corrected chi connectivity index (χ2v) is 5.63. The van der Waals surface area contributed by atoms with Crippen molar-refractivity contribution in [3.63, 3.8) is 0 Å². The number of rotatable bonds is 3. The Balaban J connectivity index is 3.21. The van der Waals surface area contributed by atoms with Gasteiger partial charge in [0.1, 0.15) is 5.82 Å². The smallest absolute Gasteiger partial charge is 0.143 e. The third kappa shape index (κ3) is 2.85. The van der Waals surface area contributed by atoms with Crippen molar-refractivity contribution >= 4 is 21.7 Å². The summed E-state index contributed by atoms with van der Waals surface area (Å²) in [5, 5.41) is 0. The summed E-state index contributed by atoms with van der Waals surface area (Å²) in [6.45, 7) is 13.2. The lowest BCUT2D eigenvalue weighted by Crippen LogP contribution is -2.42. The van der Waals surface area contributed by atoms with E-state index in [-0.39, 0.29) is 5.54 Å². The van der Waals surface area contributed by atoms with E-state index < -0.39 is 0 Å². The van der Waals surface area contributed by atoms with E-state index in [0.717, 1.165) is 16.8 Å². The summed E-state index contributed by atoms with van der Waals surface area (Å²) in [6.07, 6.45) is 3.75. The predicted molar refractivity (Wildman–Crippen MR) is 74.0 cm³/mol. The highest BCUT2D eigenvalue weighted by Crippen LogP contribution is 2.31. The van der Waals surface area contributed by atoms with Gasteiger partial charge in [0.25, 0.3) is 0 Å². The quantitative estimate of drug-likeness (QED) is 0.781. The van der Waals surface area contributed by atoms with Crippen LogP contribution in [0.3, 0.4) is 0 Å². The van der Waals surface area contributed by atoms with Gasteiger partial charge in [-0.05, 0) is 55.3 Å². The van der Waals surface area contributed by atoms with Crippen LogP contribution in [-0.2, 0) is 0 Å². The molecule has 0 aromatic carbocycles. The maximum Gasteiger partial charge on any atom is 0.143 e. The topological polar surface area (TPSA) is 16.1 Å². The van der Waals surface area contributed by atoms with E-state index in [0.29, 0.717) is 0 Å². The Hall–Kier alpha value is -0.830. The van der Waals surface area contributed by atoms with E-state index in [2.05, 4.69) is 60.1 Å². The van der Waals surface area contributed by atoms with Gasteiger partial charge in [-0.2, -0.15) is 0 Å². The Morgan fingerprint density at radius 1 is 1.50 bits per heavy atom. The van der Waals surface area contributed by atoms with Crippen molar-refractivity contribution in [3.8, 4) is 0 Å². The third-order valence-electron chi connectivity index (χ3n) is 2.44. The zero-order valence-electron chi connectivity index (χ0n) is 10.4. The fourth-order valence-corrected chi connectivity index (χ4v) is 1.97. The summed E-state index contributed by atoms with van der Waals surface area (Å²) in [5.74, 6) is 0.979. The van der Waals surface area contributed by atoms with E-state index in [1.54, 1.807) is 0 Å².